The standard InChI is InChI=1S/C16H16N6OS/c23-15(19-16-22-21-14(24-16)12-5-6-12)17-9-10-1-3-11(4-2-10)13-7-8-18-20-13/h1-4,7-8,12H,5-6,9H2,(H,18,20)(H2,17,19,22,23). The highest BCUT2D eigenvalue weighted by atomic mass is 32.1. The fourth-order valence-electron chi connectivity index (χ4n) is 2.32. The third kappa shape index (κ3) is 3.43. The molecule has 3 aromatic rings. The van der Waals surface area contributed by atoms with E-state index in [2.05, 4.69) is 31.0 Å². The predicted octanol–water partition coefficient (Wildman–Crippen LogP) is 3.13. The molecule has 0 aliphatic heterocycles. The molecule has 2 heterocycles. The summed E-state index contributed by atoms with van der Waals surface area (Å²) in [7, 11) is 0. The topological polar surface area (TPSA) is 95.6 Å². The molecule has 3 N–H and O–H groups in total. The zero-order valence-corrected chi connectivity index (χ0v) is 13.6. The number of hydrogen-bond acceptors (Lipinski definition) is 5. The summed E-state index contributed by atoms with van der Waals surface area (Å²) >= 11 is 1.45. The minimum absolute atomic E-state index is 0.272. The molecule has 8 heteroatoms. The first kappa shape index (κ1) is 14.8. The summed E-state index contributed by atoms with van der Waals surface area (Å²) in [6, 6.07) is 9.59. The molecule has 1 aliphatic rings. The van der Waals surface area contributed by atoms with Gasteiger partial charge in [0.25, 0.3) is 0 Å². The summed E-state index contributed by atoms with van der Waals surface area (Å²) in [6.07, 6.45) is 4.07. The van der Waals surface area contributed by atoms with Gasteiger partial charge in [-0.15, -0.1) is 10.2 Å². The highest BCUT2D eigenvalue weighted by molar-refractivity contribution is 7.15. The van der Waals surface area contributed by atoms with Crippen LogP contribution in [-0.4, -0.2) is 26.4 Å². The van der Waals surface area contributed by atoms with Crippen LogP contribution >= 0.6 is 11.3 Å². The van der Waals surface area contributed by atoms with Gasteiger partial charge in [0.05, 0.1) is 5.69 Å². The lowest BCUT2D eigenvalue weighted by atomic mass is 10.1. The van der Waals surface area contributed by atoms with Crippen LogP contribution in [0.15, 0.2) is 36.5 Å². The van der Waals surface area contributed by atoms with Crippen LogP contribution in [-0.2, 0) is 6.54 Å². The molecule has 1 saturated carbocycles. The van der Waals surface area contributed by atoms with Gasteiger partial charge in [0.1, 0.15) is 5.01 Å². The van der Waals surface area contributed by atoms with Gasteiger partial charge in [0.2, 0.25) is 5.13 Å². The van der Waals surface area contributed by atoms with Crippen molar-refractivity contribution in [2.24, 2.45) is 0 Å². The van der Waals surface area contributed by atoms with Gasteiger partial charge in [-0.1, -0.05) is 35.6 Å². The summed E-state index contributed by atoms with van der Waals surface area (Å²) in [5, 5.41) is 22.1. The minimum atomic E-state index is -0.272. The van der Waals surface area contributed by atoms with Crippen LogP contribution in [0.3, 0.4) is 0 Å². The number of carbonyl (C=O) groups excluding carboxylic acids is 1. The minimum Gasteiger partial charge on any atom is -0.334 e. The number of aromatic amines is 1. The first-order valence-electron chi connectivity index (χ1n) is 7.75. The average Bonchev–Trinajstić information content (AvgIpc) is 3.10. The van der Waals surface area contributed by atoms with Gasteiger partial charge in [-0.25, -0.2) is 4.79 Å². The fourth-order valence-corrected chi connectivity index (χ4v) is 3.23. The van der Waals surface area contributed by atoms with Crippen LogP contribution in [0, 0.1) is 0 Å². The third-order valence-corrected chi connectivity index (χ3v) is 4.81. The Bertz CT molecular complexity index is 823. The number of nitrogens with one attached hydrogen (secondary N) is 3. The smallest absolute Gasteiger partial charge is 0.321 e. The molecule has 1 aromatic carbocycles. The monoisotopic (exact) mass is 340 g/mol. The van der Waals surface area contributed by atoms with Crippen molar-refractivity contribution in [2.75, 3.05) is 5.32 Å². The van der Waals surface area contributed by atoms with Crippen molar-refractivity contribution in [1.82, 2.24) is 25.7 Å². The number of carbonyl (C=O) groups is 1. The van der Waals surface area contributed by atoms with E-state index < -0.39 is 0 Å². The van der Waals surface area contributed by atoms with E-state index in [-0.39, 0.29) is 6.03 Å². The summed E-state index contributed by atoms with van der Waals surface area (Å²) in [6.45, 7) is 0.448. The maximum absolute atomic E-state index is 11.9. The predicted molar refractivity (Wildman–Crippen MR) is 91.8 cm³/mol. The van der Waals surface area contributed by atoms with Gasteiger partial charge < -0.3 is 5.32 Å². The van der Waals surface area contributed by atoms with Crippen molar-refractivity contribution in [3.63, 3.8) is 0 Å². The Hall–Kier alpha value is -2.74. The first-order chi connectivity index (χ1) is 11.8. The molecule has 122 valence electrons. The maximum atomic E-state index is 11.9. The second-order valence-corrected chi connectivity index (χ2v) is 6.70. The molecule has 0 unspecified atom stereocenters. The van der Waals surface area contributed by atoms with Gasteiger partial charge >= 0.3 is 6.03 Å². The number of amides is 2. The zero-order chi connectivity index (χ0) is 16.4. The number of benzene rings is 1. The highest BCUT2D eigenvalue weighted by Crippen LogP contribution is 2.41. The Balaban J connectivity index is 1.30. The SMILES string of the molecule is O=C(NCc1ccc(-c2ccn[nH]2)cc1)Nc1nnc(C2CC2)s1. The second-order valence-electron chi connectivity index (χ2n) is 5.69. The Morgan fingerprint density at radius 3 is 2.75 bits per heavy atom. The van der Waals surface area contributed by atoms with E-state index in [0.29, 0.717) is 17.6 Å². The molecule has 1 fully saturated rings. The Morgan fingerprint density at radius 2 is 2.04 bits per heavy atom. The van der Waals surface area contributed by atoms with Gasteiger partial charge in [0.15, 0.2) is 0 Å². The molecule has 24 heavy (non-hydrogen) atoms. The van der Waals surface area contributed by atoms with Crippen LogP contribution in [0.2, 0.25) is 0 Å². The van der Waals surface area contributed by atoms with Crippen molar-refractivity contribution in [2.45, 2.75) is 25.3 Å². The van der Waals surface area contributed by atoms with E-state index in [1.54, 1.807) is 6.20 Å². The van der Waals surface area contributed by atoms with Crippen molar-refractivity contribution in [3.8, 4) is 11.3 Å². The van der Waals surface area contributed by atoms with Crippen LogP contribution in [0.5, 0.6) is 0 Å². The largest absolute Gasteiger partial charge is 0.334 e. The summed E-state index contributed by atoms with van der Waals surface area (Å²) < 4.78 is 0. The van der Waals surface area contributed by atoms with Crippen LogP contribution in [0.25, 0.3) is 11.3 Å². The van der Waals surface area contributed by atoms with E-state index in [1.807, 2.05) is 30.3 Å². The lowest BCUT2D eigenvalue weighted by molar-refractivity contribution is 0.251. The number of hydrogen-bond donors (Lipinski definition) is 3. The van der Waals surface area contributed by atoms with E-state index in [0.717, 1.165) is 21.8 Å². The normalized spacial score (nSPS) is 13.7. The lowest BCUT2D eigenvalue weighted by Gasteiger charge is -2.06. The summed E-state index contributed by atoms with van der Waals surface area (Å²) in [4.78, 5) is 11.9. The molecule has 0 bridgehead atoms. The first-order valence-corrected chi connectivity index (χ1v) is 8.56. The molecule has 0 spiro atoms. The molecule has 0 atom stereocenters. The molecular weight excluding hydrogens is 324 g/mol. The Morgan fingerprint density at radius 1 is 1.21 bits per heavy atom. The summed E-state index contributed by atoms with van der Waals surface area (Å²) in [5.41, 5.74) is 3.04. The van der Waals surface area contributed by atoms with Crippen molar-refractivity contribution >= 4 is 22.5 Å². The average molecular weight is 340 g/mol. The van der Waals surface area contributed by atoms with Crippen LogP contribution in [0.1, 0.15) is 29.3 Å². The van der Waals surface area contributed by atoms with Crippen molar-refractivity contribution in [3.05, 3.63) is 47.1 Å². The molecule has 7 nitrogen and oxygen atoms in total. The highest BCUT2D eigenvalue weighted by Gasteiger charge is 2.27. The Labute approximate surface area is 142 Å². The lowest BCUT2D eigenvalue weighted by Crippen LogP contribution is -2.28. The number of nitrogens with zero attached hydrogens (tertiary/aromatic N) is 3. The van der Waals surface area contributed by atoms with E-state index in [1.165, 1.54) is 24.2 Å². The van der Waals surface area contributed by atoms with Crippen molar-refractivity contribution in [1.29, 1.82) is 0 Å². The second kappa shape index (κ2) is 6.40. The zero-order valence-electron chi connectivity index (χ0n) is 12.8. The van der Waals surface area contributed by atoms with Gasteiger partial charge in [-0.3, -0.25) is 10.4 Å². The molecule has 4 rings (SSSR count). The fraction of sp³-hybridized carbons (Fsp3) is 0.250. The Kier molecular flexibility index (Phi) is 3.96. The summed E-state index contributed by atoms with van der Waals surface area (Å²) in [5.74, 6) is 0.550. The number of anilines is 1. The van der Waals surface area contributed by atoms with Crippen LogP contribution in [0.4, 0.5) is 9.93 Å². The molecule has 2 amide bonds. The number of aromatic nitrogens is 4. The molecule has 1 aliphatic carbocycles. The third-order valence-electron chi connectivity index (χ3n) is 3.81. The molecule has 0 saturated heterocycles. The molecular formula is C16H16N6OS. The molecule has 2 aromatic heterocycles. The number of urea groups is 1. The molecule has 0 radical (unpaired) electrons. The number of rotatable bonds is 5. The van der Waals surface area contributed by atoms with E-state index in [9.17, 15) is 4.79 Å². The van der Waals surface area contributed by atoms with E-state index in [4.69, 9.17) is 0 Å². The quantitative estimate of drug-likeness (QED) is 0.665. The van der Waals surface area contributed by atoms with Crippen LogP contribution < -0.4 is 10.6 Å². The van der Waals surface area contributed by atoms with Gasteiger partial charge in [-0.05, 0) is 30.0 Å². The maximum Gasteiger partial charge on any atom is 0.321 e. The van der Waals surface area contributed by atoms with E-state index >= 15 is 0 Å². The van der Waals surface area contributed by atoms with Crippen molar-refractivity contribution < 1.29 is 4.79 Å². The van der Waals surface area contributed by atoms with Gasteiger partial charge in [-0.2, -0.15) is 5.10 Å². The number of H-pyrrole nitrogens is 1. The van der Waals surface area contributed by atoms with Gasteiger partial charge in [0, 0.05) is 18.7 Å².